The molecule has 32 heavy (non-hydrogen) atoms. The summed E-state index contributed by atoms with van der Waals surface area (Å²) >= 11 is 0. The second-order valence-corrected chi connectivity index (χ2v) is 9.48. The molecule has 9 nitrogen and oxygen atoms in total. The first kappa shape index (κ1) is 22.9. The van der Waals surface area contributed by atoms with E-state index in [-0.39, 0.29) is 42.5 Å². The minimum Gasteiger partial charge on any atom is -0.446 e. The lowest BCUT2D eigenvalue weighted by molar-refractivity contribution is -0.121. The normalized spacial score (nSPS) is 32.4. The number of aryl methyl sites for hydroxylation is 1. The van der Waals surface area contributed by atoms with Gasteiger partial charge in [-0.25, -0.2) is 10.2 Å². The summed E-state index contributed by atoms with van der Waals surface area (Å²) in [6, 6.07) is 4.13. The molecule has 2 unspecified atom stereocenters. The lowest BCUT2D eigenvalue weighted by atomic mass is 9.93. The smallest absolute Gasteiger partial charge is 0.407 e. The van der Waals surface area contributed by atoms with Crippen molar-refractivity contribution in [2.24, 2.45) is 5.92 Å². The molecule has 4 atom stereocenters. The van der Waals surface area contributed by atoms with Gasteiger partial charge < -0.3 is 20.5 Å². The zero-order valence-corrected chi connectivity index (χ0v) is 18.7. The average Bonchev–Trinajstić information content (AvgIpc) is 3.39. The number of aliphatic hydroxyl groups is 1. The second kappa shape index (κ2) is 10.6. The van der Waals surface area contributed by atoms with E-state index in [9.17, 15) is 14.7 Å². The van der Waals surface area contributed by atoms with Gasteiger partial charge in [0.05, 0.1) is 18.7 Å². The summed E-state index contributed by atoms with van der Waals surface area (Å²) < 4.78 is 5.66. The van der Waals surface area contributed by atoms with Gasteiger partial charge in [-0.05, 0) is 81.9 Å². The molecule has 1 aromatic heterocycles. The number of hydrazine groups is 1. The summed E-state index contributed by atoms with van der Waals surface area (Å²) in [5.41, 5.74) is 8.36. The van der Waals surface area contributed by atoms with Crippen molar-refractivity contribution in [2.75, 3.05) is 0 Å². The maximum Gasteiger partial charge on any atom is 0.407 e. The number of hydrogen-bond donors (Lipinski definition) is 5. The van der Waals surface area contributed by atoms with Gasteiger partial charge in [0.2, 0.25) is 5.91 Å². The molecule has 0 radical (unpaired) electrons. The fourth-order valence-electron chi connectivity index (χ4n) is 5.15. The van der Waals surface area contributed by atoms with E-state index in [0.29, 0.717) is 12.3 Å². The number of aromatic nitrogens is 1. The van der Waals surface area contributed by atoms with Crippen LogP contribution in [0.3, 0.4) is 0 Å². The number of alkyl carbamates (subject to hydrolysis) is 1. The van der Waals surface area contributed by atoms with Gasteiger partial charge in [-0.2, -0.15) is 0 Å². The molecule has 3 fully saturated rings. The molecule has 2 aliphatic carbocycles. The molecule has 2 saturated carbocycles. The molecule has 4 rings (SSSR count). The molecule has 1 saturated heterocycles. The highest BCUT2D eigenvalue weighted by atomic mass is 16.6. The SMILES string of the molecule is Cc1cc(CC(=O)NC2CC([C@@H]3CC[C@H](OC(=O)NC4CCC(O)CC4)C3)NN2)ccn1. The highest BCUT2D eigenvalue weighted by molar-refractivity contribution is 5.78. The van der Waals surface area contributed by atoms with Gasteiger partial charge in [-0.15, -0.1) is 0 Å². The van der Waals surface area contributed by atoms with Crippen molar-refractivity contribution in [2.45, 2.75) is 95.2 Å². The van der Waals surface area contributed by atoms with Crippen LogP contribution in [0.1, 0.15) is 62.6 Å². The summed E-state index contributed by atoms with van der Waals surface area (Å²) in [6.07, 6.45) is 7.84. The van der Waals surface area contributed by atoms with Crippen molar-refractivity contribution in [3.8, 4) is 0 Å². The number of carbonyl (C=O) groups excluding carboxylic acids is 2. The van der Waals surface area contributed by atoms with Crippen LogP contribution < -0.4 is 21.5 Å². The number of amides is 2. The predicted octanol–water partition coefficient (Wildman–Crippen LogP) is 1.44. The van der Waals surface area contributed by atoms with E-state index < -0.39 is 0 Å². The van der Waals surface area contributed by atoms with Crippen LogP contribution >= 0.6 is 0 Å². The minimum atomic E-state index is -0.342. The molecule has 2 heterocycles. The Hall–Kier alpha value is -2.23. The number of nitrogens with zero attached hydrogens (tertiary/aromatic N) is 1. The van der Waals surface area contributed by atoms with Crippen LogP contribution in [0.4, 0.5) is 4.79 Å². The molecule has 5 N–H and O–H groups in total. The van der Waals surface area contributed by atoms with Crippen molar-refractivity contribution in [3.63, 3.8) is 0 Å². The predicted molar refractivity (Wildman–Crippen MR) is 118 cm³/mol. The zero-order chi connectivity index (χ0) is 22.5. The molecule has 2 amide bonds. The van der Waals surface area contributed by atoms with Gasteiger partial charge >= 0.3 is 6.09 Å². The number of aliphatic hydroxyl groups excluding tert-OH is 1. The highest BCUT2D eigenvalue weighted by Gasteiger charge is 2.37. The van der Waals surface area contributed by atoms with Crippen molar-refractivity contribution >= 4 is 12.0 Å². The molecule has 3 aliphatic rings. The Morgan fingerprint density at radius 2 is 1.94 bits per heavy atom. The summed E-state index contributed by atoms with van der Waals surface area (Å²) in [5, 5.41) is 15.6. The third kappa shape index (κ3) is 6.40. The van der Waals surface area contributed by atoms with Crippen molar-refractivity contribution < 1.29 is 19.4 Å². The van der Waals surface area contributed by atoms with Gasteiger partial charge in [0.15, 0.2) is 0 Å². The Morgan fingerprint density at radius 1 is 1.12 bits per heavy atom. The maximum absolute atomic E-state index is 12.4. The van der Waals surface area contributed by atoms with Crippen molar-refractivity contribution in [3.05, 3.63) is 29.6 Å². The zero-order valence-electron chi connectivity index (χ0n) is 18.7. The molecule has 1 aliphatic heterocycles. The third-order valence-corrected chi connectivity index (χ3v) is 6.88. The van der Waals surface area contributed by atoms with Crippen LogP contribution in [0.25, 0.3) is 0 Å². The average molecular weight is 446 g/mol. The van der Waals surface area contributed by atoms with Gasteiger partial charge in [0.25, 0.3) is 0 Å². The highest BCUT2D eigenvalue weighted by Crippen LogP contribution is 2.33. The van der Waals surface area contributed by atoms with Crippen LogP contribution in [0, 0.1) is 12.8 Å². The maximum atomic E-state index is 12.4. The summed E-state index contributed by atoms with van der Waals surface area (Å²) in [6.45, 7) is 1.91. The van der Waals surface area contributed by atoms with Crippen LogP contribution in [0.2, 0.25) is 0 Å². The van der Waals surface area contributed by atoms with Crippen molar-refractivity contribution in [1.82, 2.24) is 26.5 Å². The first-order valence-corrected chi connectivity index (χ1v) is 11.8. The van der Waals surface area contributed by atoms with E-state index >= 15 is 0 Å². The molecule has 176 valence electrons. The van der Waals surface area contributed by atoms with E-state index in [1.807, 2.05) is 19.1 Å². The van der Waals surface area contributed by atoms with Crippen LogP contribution in [-0.2, 0) is 16.0 Å². The van der Waals surface area contributed by atoms with Gasteiger partial charge in [-0.3, -0.25) is 15.2 Å². The monoisotopic (exact) mass is 445 g/mol. The summed E-state index contributed by atoms with van der Waals surface area (Å²) in [5.74, 6) is 0.380. The van der Waals surface area contributed by atoms with E-state index in [2.05, 4.69) is 26.5 Å². The largest absolute Gasteiger partial charge is 0.446 e. The quantitative estimate of drug-likeness (QED) is 0.449. The van der Waals surface area contributed by atoms with Crippen molar-refractivity contribution in [1.29, 1.82) is 0 Å². The number of rotatable bonds is 6. The fourth-order valence-corrected chi connectivity index (χ4v) is 5.15. The summed E-state index contributed by atoms with van der Waals surface area (Å²) in [7, 11) is 0. The number of carbonyl (C=O) groups is 2. The van der Waals surface area contributed by atoms with E-state index in [4.69, 9.17) is 4.74 Å². The van der Waals surface area contributed by atoms with Gasteiger partial charge in [0.1, 0.15) is 6.10 Å². The Morgan fingerprint density at radius 3 is 2.72 bits per heavy atom. The second-order valence-electron chi connectivity index (χ2n) is 9.48. The van der Waals surface area contributed by atoms with Crippen LogP contribution in [-0.4, -0.2) is 52.5 Å². The van der Waals surface area contributed by atoms with E-state index in [1.165, 1.54) is 0 Å². The van der Waals surface area contributed by atoms with Crippen LogP contribution in [0.15, 0.2) is 18.3 Å². The topological polar surface area (TPSA) is 125 Å². The lowest BCUT2D eigenvalue weighted by Crippen LogP contribution is -2.45. The van der Waals surface area contributed by atoms with E-state index in [0.717, 1.165) is 62.6 Å². The fraction of sp³-hybridized carbons (Fsp3) is 0.696. The van der Waals surface area contributed by atoms with Crippen LogP contribution in [0.5, 0.6) is 0 Å². The number of ether oxygens (including phenoxy) is 1. The first-order valence-electron chi connectivity index (χ1n) is 11.8. The lowest BCUT2D eigenvalue weighted by Gasteiger charge is -2.26. The molecule has 1 aromatic rings. The third-order valence-electron chi connectivity index (χ3n) is 6.88. The number of nitrogens with one attached hydrogen (secondary N) is 4. The Balaban J connectivity index is 1.16. The minimum absolute atomic E-state index is 0.0184. The number of pyridine rings is 1. The molecular weight excluding hydrogens is 410 g/mol. The molecular formula is C23H35N5O4. The van der Waals surface area contributed by atoms with E-state index in [1.54, 1.807) is 6.20 Å². The molecule has 0 aromatic carbocycles. The Bertz CT molecular complexity index is 798. The summed E-state index contributed by atoms with van der Waals surface area (Å²) in [4.78, 5) is 28.8. The standard InChI is InChI=1S/C23H35N5O4/c1-14-10-15(8-9-24-14)11-22(30)26-21-13-20(27-28-21)16-2-7-19(12-16)32-23(31)25-17-3-5-18(29)6-4-17/h8-10,16-21,27-29H,2-7,11-13H2,1H3,(H,25,31)(H,26,30)/t16-,17?,18?,19+,20?,21?/m1/s1. The van der Waals surface area contributed by atoms with Gasteiger partial charge in [-0.1, -0.05) is 0 Å². The number of hydrogen-bond acceptors (Lipinski definition) is 7. The Labute approximate surface area is 189 Å². The molecule has 0 bridgehead atoms. The Kier molecular flexibility index (Phi) is 7.59. The molecule has 0 spiro atoms. The first-order chi connectivity index (χ1) is 15.4. The van der Waals surface area contributed by atoms with Gasteiger partial charge in [0, 0.05) is 24.0 Å². The molecule has 9 heteroatoms.